The lowest BCUT2D eigenvalue weighted by Crippen LogP contribution is -2.00. The third kappa shape index (κ3) is 2.68. The van der Waals surface area contributed by atoms with Gasteiger partial charge in [-0.3, -0.25) is 4.98 Å². The van der Waals surface area contributed by atoms with E-state index in [1.165, 1.54) is 0 Å². The van der Waals surface area contributed by atoms with E-state index in [4.69, 9.17) is 0 Å². The summed E-state index contributed by atoms with van der Waals surface area (Å²) in [5, 5.41) is 29.4. The number of nitrogens with zero attached hydrogens (tertiary/aromatic N) is 7. The smallest absolute Gasteiger partial charge is 0.140 e. The Balaban J connectivity index is 1.77. The van der Waals surface area contributed by atoms with Crippen molar-refractivity contribution in [1.82, 2.24) is 24.3 Å². The third-order valence-corrected chi connectivity index (χ3v) is 6.49. The van der Waals surface area contributed by atoms with Crippen LogP contribution in [0.1, 0.15) is 11.1 Å². The monoisotopic (exact) mass is 461 g/mol. The van der Waals surface area contributed by atoms with E-state index in [-0.39, 0.29) is 0 Å². The highest BCUT2D eigenvalue weighted by atomic mass is 15.2. The van der Waals surface area contributed by atoms with Gasteiger partial charge in [-0.25, -0.2) is 0 Å². The van der Waals surface area contributed by atoms with Gasteiger partial charge in [0, 0.05) is 23.0 Å². The Morgan fingerprint density at radius 1 is 0.583 bits per heavy atom. The van der Waals surface area contributed by atoms with Crippen molar-refractivity contribution >= 4 is 44.0 Å². The van der Waals surface area contributed by atoms with Crippen molar-refractivity contribution in [2.24, 2.45) is 0 Å². The maximum atomic E-state index is 9.57. The topological polar surface area (TPSA) is 96.1 Å². The highest BCUT2D eigenvalue weighted by Gasteiger charge is 2.23. The van der Waals surface area contributed by atoms with Crippen LogP contribution in [0.5, 0.6) is 0 Å². The number of aromatic nitrogens is 5. The number of para-hydroxylation sites is 1. The minimum absolute atomic E-state index is 0.562. The van der Waals surface area contributed by atoms with Crippen LogP contribution in [0.4, 0.5) is 0 Å². The van der Waals surface area contributed by atoms with Crippen molar-refractivity contribution in [3.8, 4) is 23.5 Å². The van der Waals surface area contributed by atoms with E-state index in [1.807, 2.05) is 72.8 Å². The Bertz CT molecular complexity index is 1930. The molecule has 36 heavy (non-hydrogen) atoms. The van der Waals surface area contributed by atoms with Gasteiger partial charge in [0.1, 0.15) is 27.6 Å². The molecule has 0 aliphatic rings. The summed E-state index contributed by atoms with van der Waals surface area (Å²) >= 11 is 0. The van der Waals surface area contributed by atoms with Crippen molar-refractivity contribution in [1.29, 1.82) is 10.5 Å². The fourth-order valence-electron chi connectivity index (χ4n) is 5.02. The fourth-order valence-corrected chi connectivity index (χ4v) is 5.02. The molecule has 7 heteroatoms. The summed E-state index contributed by atoms with van der Waals surface area (Å²) in [5.41, 5.74) is 8.48. The molecule has 0 atom stereocenters. The molecule has 0 aliphatic heterocycles. The summed E-state index contributed by atoms with van der Waals surface area (Å²) < 4.78 is 4.23. The lowest BCUT2D eigenvalue weighted by molar-refractivity contribution is 1.10. The van der Waals surface area contributed by atoms with Crippen molar-refractivity contribution in [2.75, 3.05) is 0 Å². The maximum Gasteiger partial charge on any atom is 0.140 e. The first-order chi connectivity index (χ1) is 17.8. The Morgan fingerprint density at radius 3 is 1.92 bits per heavy atom. The fraction of sp³-hybridized carbons (Fsp3) is 0. The molecule has 166 valence electrons. The van der Waals surface area contributed by atoms with E-state index < -0.39 is 0 Å². The summed E-state index contributed by atoms with van der Waals surface area (Å²) in [6.07, 6.45) is 1.75. The third-order valence-electron chi connectivity index (χ3n) is 6.49. The molecule has 0 bridgehead atoms. The Morgan fingerprint density at radius 2 is 1.19 bits per heavy atom. The van der Waals surface area contributed by atoms with Gasteiger partial charge in [0.05, 0.1) is 34.3 Å². The number of hydrogen-bond acceptors (Lipinski definition) is 5. The minimum Gasteiger partial charge on any atom is -0.306 e. The average molecular weight is 461 g/mol. The van der Waals surface area contributed by atoms with Gasteiger partial charge in [0.15, 0.2) is 0 Å². The molecule has 0 amide bonds. The molecule has 4 heterocycles. The highest BCUT2D eigenvalue weighted by molar-refractivity contribution is 6.20. The largest absolute Gasteiger partial charge is 0.306 e. The second-order valence-corrected chi connectivity index (χ2v) is 8.48. The van der Waals surface area contributed by atoms with Gasteiger partial charge in [-0.1, -0.05) is 30.3 Å². The average Bonchev–Trinajstić information content (AvgIpc) is 3.46. The number of benzene rings is 3. The van der Waals surface area contributed by atoms with E-state index >= 15 is 0 Å². The predicted molar refractivity (Wildman–Crippen MR) is 138 cm³/mol. The summed E-state index contributed by atoms with van der Waals surface area (Å²) in [7, 11) is 0. The van der Waals surface area contributed by atoms with E-state index in [2.05, 4.69) is 36.5 Å². The first kappa shape index (κ1) is 19.9. The van der Waals surface area contributed by atoms with Gasteiger partial charge in [0.2, 0.25) is 0 Å². The molecule has 0 spiro atoms. The Kier molecular flexibility index (Phi) is 4.14. The maximum absolute atomic E-state index is 9.57. The molecule has 0 aliphatic carbocycles. The first-order valence-corrected chi connectivity index (χ1v) is 11.3. The number of rotatable bonds is 2. The van der Waals surface area contributed by atoms with Crippen molar-refractivity contribution < 1.29 is 0 Å². The van der Waals surface area contributed by atoms with Gasteiger partial charge in [-0.2, -0.15) is 10.5 Å². The van der Waals surface area contributed by atoms with Crippen LogP contribution >= 0.6 is 0 Å². The number of hydrogen-bond donors (Lipinski definition) is 0. The van der Waals surface area contributed by atoms with Crippen LogP contribution in [0.15, 0.2) is 91.1 Å². The number of fused-ring (bicyclic) bond motifs is 7. The lowest BCUT2D eigenvalue weighted by Gasteiger charge is -2.12. The zero-order valence-electron chi connectivity index (χ0n) is 18.8. The van der Waals surface area contributed by atoms with Gasteiger partial charge in [0.25, 0.3) is 0 Å². The molecule has 0 saturated heterocycles. The highest BCUT2D eigenvalue weighted by Crippen LogP contribution is 2.39. The Hall–Kier alpha value is -5.53. The van der Waals surface area contributed by atoms with Crippen molar-refractivity contribution in [3.63, 3.8) is 0 Å². The van der Waals surface area contributed by atoms with Crippen LogP contribution in [-0.4, -0.2) is 24.3 Å². The standard InChI is InChI=1S/C29H15N7/c30-16-18-6-3-8-20(14-18)35-23-11-2-1-10-22(23)25-28(35)29-27(34-33-25)26-24(12-5-13-32-26)36(29)21-9-4-7-19(15-21)17-31/h1-15H. The zero-order valence-corrected chi connectivity index (χ0v) is 18.8. The molecule has 0 radical (unpaired) electrons. The van der Waals surface area contributed by atoms with E-state index in [1.54, 1.807) is 18.3 Å². The molecule has 0 N–H and O–H groups in total. The molecule has 7 aromatic rings. The SMILES string of the molecule is N#Cc1cccc(-n2c3ccccc3c3nnc4c5ncccc5n(-c5cccc(C#N)c5)c4c32)c1. The van der Waals surface area contributed by atoms with Crippen molar-refractivity contribution in [2.45, 2.75) is 0 Å². The zero-order chi connectivity index (χ0) is 24.2. The molecule has 7 rings (SSSR count). The van der Waals surface area contributed by atoms with Gasteiger partial charge in [-0.05, 0) is 54.6 Å². The second kappa shape index (κ2) is 7.49. The van der Waals surface area contributed by atoms with E-state index in [9.17, 15) is 10.5 Å². The molecule has 0 saturated carbocycles. The van der Waals surface area contributed by atoms with Crippen LogP contribution in [0.2, 0.25) is 0 Å². The molecule has 4 aromatic heterocycles. The molecule has 3 aromatic carbocycles. The summed E-state index contributed by atoms with van der Waals surface area (Å²) in [6, 6.07) is 31.5. The summed E-state index contributed by atoms with van der Waals surface area (Å²) in [5.74, 6) is 0. The molecular weight excluding hydrogens is 446 g/mol. The van der Waals surface area contributed by atoms with Crippen LogP contribution < -0.4 is 0 Å². The molecule has 0 fully saturated rings. The normalized spacial score (nSPS) is 11.3. The van der Waals surface area contributed by atoms with Crippen LogP contribution in [0.25, 0.3) is 55.4 Å². The van der Waals surface area contributed by atoms with E-state index in [0.29, 0.717) is 16.6 Å². The van der Waals surface area contributed by atoms with Gasteiger partial charge < -0.3 is 9.13 Å². The number of pyridine rings is 1. The van der Waals surface area contributed by atoms with E-state index in [0.717, 1.165) is 49.9 Å². The predicted octanol–water partition coefficient (Wildman–Crippen LogP) is 5.81. The Labute approximate surface area is 204 Å². The van der Waals surface area contributed by atoms with Gasteiger partial charge in [-0.15, -0.1) is 10.2 Å². The van der Waals surface area contributed by atoms with Crippen LogP contribution in [0.3, 0.4) is 0 Å². The molecule has 7 nitrogen and oxygen atoms in total. The van der Waals surface area contributed by atoms with Crippen LogP contribution in [0, 0.1) is 22.7 Å². The first-order valence-electron chi connectivity index (χ1n) is 11.3. The summed E-state index contributed by atoms with van der Waals surface area (Å²) in [4.78, 5) is 4.65. The second-order valence-electron chi connectivity index (χ2n) is 8.48. The minimum atomic E-state index is 0.562. The van der Waals surface area contributed by atoms with Gasteiger partial charge >= 0.3 is 0 Å². The van der Waals surface area contributed by atoms with Crippen LogP contribution in [-0.2, 0) is 0 Å². The lowest BCUT2D eigenvalue weighted by atomic mass is 10.2. The molecular formula is C29H15N7. The van der Waals surface area contributed by atoms with Crippen molar-refractivity contribution in [3.05, 3.63) is 102 Å². The molecule has 0 unspecified atom stereocenters. The number of nitriles is 2. The summed E-state index contributed by atoms with van der Waals surface area (Å²) in [6.45, 7) is 0. The quantitative estimate of drug-likeness (QED) is 0.324.